The van der Waals surface area contributed by atoms with Crippen LogP contribution in [0.2, 0.25) is 0 Å². The van der Waals surface area contributed by atoms with Gasteiger partial charge in [0, 0.05) is 43.4 Å². The molecule has 2 aromatic rings. The van der Waals surface area contributed by atoms with Crippen LogP contribution in [0, 0.1) is 25.7 Å². The Labute approximate surface area is 294 Å². The number of ether oxygens (including phenoxy) is 3. The lowest BCUT2D eigenvalue weighted by Gasteiger charge is -2.36. The monoisotopic (exact) mass is 735 g/mol. The number of allylic oxidation sites excluding steroid dienone is 1. The Bertz CT molecular complexity index is 1660. The van der Waals surface area contributed by atoms with E-state index in [1.807, 2.05) is 62.4 Å². The molecule has 4 aliphatic rings. The van der Waals surface area contributed by atoms with Gasteiger partial charge in [-0.25, -0.2) is 0 Å². The standard InChI is InChI=1S/C37H42BrN3O8/c1-22-14-15-23(2)27(19-22)40-16-9-5-8-13-28(43)39-26(21-47-3)31(24-11-6-4-7-12-24)48-36(46)29-30-34(44)41(17-10-18-42)33(35(40)45)37(30)20-25(38)32(29)49-37/h4-7,9,11-12,14-15,19-20,26,29-33,42H,8,10,13,16-18,21H2,1-3H3,(H,39,43)/b9-5-/t26-,29+,30-,31-,32+,33+,37-/m1/s1. The average Bonchev–Trinajstić information content (AvgIpc) is 3.68. The van der Waals surface area contributed by atoms with Crippen molar-refractivity contribution in [2.45, 2.75) is 63.0 Å². The van der Waals surface area contributed by atoms with Gasteiger partial charge in [0.2, 0.25) is 11.8 Å². The van der Waals surface area contributed by atoms with Crippen molar-refractivity contribution >= 4 is 45.3 Å². The lowest BCUT2D eigenvalue weighted by atomic mass is 9.74. The van der Waals surface area contributed by atoms with Gasteiger partial charge in [0.15, 0.2) is 0 Å². The summed E-state index contributed by atoms with van der Waals surface area (Å²) < 4.78 is 18.9. The highest BCUT2D eigenvalue weighted by atomic mass is 79.9. The highest BCUT2D eigenvalue weighted by molar-refractivity contribution is 9.11. The summed E-state index contributed by atoms with van der Waals surface area (Å²) in [6.07, 6.45) is 4.46. The van der Waals surface area contributed by atoms with Crippen LogP contribution in [-0.4, -0.2) is 90.9 Å². The van der Waals surface area contributed by atoms with Gasteiger partial charge < -0.3 is 34.4 Å². The van der Waals surface area contributed by atoms with E-state index < -0.39 is 53.6 Å². The van der Waals surface area contributed by atoms with Gasteiger partial charge in [-0.1, -0.05) is 70.5 Å². The zero-order valence-electron chi connectivity index (χ0n) is 27.8. The summed E-state index contributed by atoms with van der Waals surface area (Å²) in [6.45, 7) is 4.00. The summed E-state index contributed by atoms with van der Waals surface area (Å²) in [6, 6.07) is 13.1. The number of methoxy groups -OCH3 is 1. The number of aliphatic hydroxyl groups is 1. The number of fused-ring (bicyclic) bond motifs is 2. The smallest absolute Gasteiger partial charge is 0.313 e. The van der Waals surface area contributed by atoms with Gasteiger partial charge >= 0.3 is 5.97 Å². The average molecular weight is 737 g/mol. The number of nitrogens with one attached hydrogen (secondary N) is 1. The summed E-state index contributed by atoms with van der Waals surface area (Å²) in [7, 11) is 1.51. The summed E-state index contributed by atoms with van der Waals surface area (Å²) in [4.78, 5) is 60.3. The minimum atomic E-state index is -1.47. The topological polar surface area (TPSA) is 135 Å². The number of carbonyl (C=O) groups is 4. The molecule has 4 aliphatic heterocycles. The highest BCUT2D eigenvalue weighted by Gasteiger charge is 2.75. The fourth-order valence-electron chi connectivity index (χ4n) is 7.62. The Balaban J connectivity index is 1.49. The van der Waals surface area contributed by atoms with E-state index in [2.05, 4.69) is 21.2 Å². The predicted octanol–water partition coefficient (Wildman–Crippen LogP) is 3.66. The molecule has 2 aromatic carbocycles. The predicted molar refractivity (Wildman–Crippen MR) is 185 cm³/mol. The molecule has 0 radical (unpaired) electrons. The van der Waals surface area contributed by atoms with Gasteiger partial charge in [0.1, 0.15) is 29.8 Å². The minimum Gasteiger partial charge on any atom is -0.455 e. The number of hydrogen-bond acceptors (Lipinski definition) is 8. The minimum absolute atomic E-state index is 0.0607. The number of esters is 1. The quantitative estimate of drug-likeness (QED) is 0.325. The molecule has 11 nitrogen and oxygen atoms in total. The number of aliphatic hydroxyl groups excluding tert-OH is 1. The summed E-state index contributed by atoms with van der Waals surface area (Å²) in [5.74, 6) is -3.87. The lowest BCUT2D eigenvalue weighted by Crippen LogP contribution is -2.56. The number of aryl methyl sites for hydroxylation is 2. The number of carbonyl (C=O) groups excluding carboxylic acids is 4. The van der Waals surface area contributed by atoms with E-state index in [0.29, 0.717) is 22.2 Å². The maximum Gasteiger partial charge on any atom is 0.313 e. The van der Waals surface area contributed by atoms with Crippen molar-refractivity contribution < 1.29 is 38.5 Å². The Hall–Kier alpha value is -3.84. The van der Waals surface area contributed by atoms with Gasteiger partial charge in [-0.15, -0.1) is 0 Å². The molecule has 260 valence electrons. The first-order valence-electron chi connectivity index (χ1n) is 16.7. The number of halogens is 1. The molecule has 2 fully saturated rings. The molecule has 2 N–H and O–H groups in total. The molecule has 12 heteroatoms. The Morgan fingerprint density at radius 1 is 1.04 bits per heavy atom. The van der Waals surface area contributed by atoms with Gasteiger partial charge in [0.05, 0.1) is 18.6 Å². The third-order valence-corrected chi connectivity index (χ3v) is 10.5. The molecule has 4 heterocycles. The Morgan fingerprint density at radius 3 is 2.55 bits per heavy atom. The molecular weight excluding hydrogens is 694 g/mol. The van der Waals surface area contributed by atoms with Crippen molar-refractivity contribution in [1.29, 1.82) is 0 Å². The van der Waals surface area contributed by atoms with Crippen molar-refractivity contribution in [3.8, 4) is 0 Å². The number of benzene rings is 2. The Morgan fingerprint density at radius 2 is 1.82 bits per heavy atom. The maximum absolute atomic E-state index is 15.0. The zero-order chi connectivity index (χ0) is 34.9. The molecule has 0 unspecified atom stereocenters. The van der Waals surface area contributed by atoms with Crippen LogP contribution in [0.5, 0.6) is 0 Å². The van der Waals surface area contributed by atoms with Crippen molar-refractivity contribution in [3.63, 3.8) is 0 Å². The summed E-state index contributed by atoms with van der Waals surface area (Å²) in [5, 5.41) is 12.8. The van der Waals surface area contributed by atoms with Crippen LogP contribution in [0.3, 0.4) is 0 Å². The number of likely N-dealkylation sites (tertiary alicyclic amines) is 1. The number of nitrogens with zero attached hydrogens (tertiary/aromatic N) is 2. The molecule has 0 saturated carbocycles. The fraction of sp³-hybridized carbons (Fsp3) is 0.459. The van der Waals surface area contributed by atoms with E-state index >= 15 is 4.79 Å². The molecule has 0 aromatic heterocycles. The van der Waals surface area contributed by atoms with Gasteiger partial charge in [-0.2, -0.15) is 0 Å². The Kier molecular flexibility index (Phi) is 10.4. The number of hydrogen-bond donors (Lipinski definition) is 2. The van der Waals surface area contributed by atoms with Crippen molar-refractivity contribution in [2.24, 2.45) is 11.8 Å². The SMILES string of the molecule is COC[C@H]1NC(=O)CC/C=C\CN(c2cc(C)ccc2C)C(=O)[C@@H]2N(CCCO)C(=O)[C@H]3[C@H](C(=O)O[C@@H]1c1ccccc1)[C@H]1O[C@@]23C=C1Br. The molecule has 6 rings (SSSR count). The zero-order valence-corrected chi connectivity index (χ0v) is 29.4. The molecule has 5 bridgehead atoms. The lowest BCUT2D eigenvalue weighted by molar-refractivity contribution is -0.162. The maximum atomic E-state index is 15.0. The second kappa shape index (κ2) is 14.6. The first kappa shape index (κ1) is 35.0. The first-order valence-corrected chi connectivity index (χ1v) is 17.4. The molecule has 0 aliphatic carbocycles. The van der Waals surface area contributed by atoms with Crippen molar-refractivity contribution in [1.82, 2.24) is 10.2 Å². The second-order valence-electron chi connectivity index (χ2n) is 13.1. The number of cyclic esters (lactones) is 1. The van der Waals surface area contributed by atoms with Gasteiger partial charge in [-0.3, -0.25) is 19.2 Å². The van der Waals surface area contributed by atoms with E-state index in [4.69, 9.17) is 14.2 Å². The van der Waals surface area contributed by atoms with E-state index in [9.17, 15) is 19.5 Å². The molecule has 1 spiro atoms. The van der Waals surface area contributed by atoms with E-state index in [0.717, 1.165) is 11.1 Å². The summed E-state index contributed by atoms with van der Waals surface area (Å²) >= 11 is 3.60. The first-order chi connectivity index (χ1) is 23.6. The third-order valence-electron chi connectivity index (χ3n) is 9.83. The van der Waals surface area contributed by atoms with Crippen LogP contribution < -0.4 is 10.2 Å². The normalized spacial score (nSPS) is 31.0. The second-order valence-corrected chi connectivity index (χ2v) is 14.0. The van der Waals surface area contributed by atoms with Crippen LogP contribution in [0.15, 0.2) is 71.2 Å². The van der Waals surface area contributed by atoms with Crippen LogP contribution in [0.4, 0.5) is 5.69 Å². The fourth-order valence-corrected chi connectivity index (χ4v) is 8.35. The molecule has 49 heavy (non-hydrogen) atoms. The van der Waals surface area contributed by atoms with Crippen molar-refractivity contribution in [2.75, 3.05) is 38.3 Å². The van der Waals surface area contributed by atoms with E-state index in [1.54, 1.807) is 23.1 Å². The van der Waals surface area contributed by atoms with Crippen LogP contribution in [-0.2, 0) is 33.4 Å². The molecular formula is C37H42BrN3O8. The van der Waals surface area contributed by atoms with Crippen LogP contribution >= 0.6 is 15.9 Å². The third kappa shape index (κ3) is 6.47. The van der Waals surface area contributed by atoms with Crippen LogP contribution in [0.25, 0.3) is 0 Å². The number of amides is 3. The largest absolute Gasteiger partial charge is 0.455 e. The highest BCUT2D eigenvalue weighted by Crippen LogP contribution is 2.59. The van der Waals surface area contributed by atoms with Gasteiger partial charge in [-0.05, 0) is 55.5 Å². The van der Waals surface area contributed by atoms with Crippen LogP contribution in [0.1, 0.15) is 42.1 Å². The summed E-state index contributed by atoms with van der Waals surface area (Å²) in [5.41, 5.74) is 1.68. The number of rotatable bonds is 7. The van der Waals surface area contributed by atoms with Gasteiger partial charge in [0.25, 0.3) is 5.91 Å². The van der Waals surface area contributed by atoms with Crippen molar-refractivity contribution in [3.05, 3.63) is 87.9 Å². The molecule has 2 saturated heterocycles. The molecule has 7 atom stereocenters. The van der Waals surface area contributed by atoms with E-state index in [1.165, 1.54) is 12.0 Å². The number of anilines is 1. The van der Waals surface area contributed by atoms with E-state index in [-0.39, 0.29) is 51.0 Å². The molecule has 3 amide bonds.